The lowest BCUT2D eigenvalue weighted by Crippen LogP contribution is -2.38. The molecule has 0 aromatic rings. The van der Waals surface area contributed by atoms with Crippen molar-refractivity contribution >= 4 is 5.97 Å². The highest BCUT2D eigenvalue weighted by atomic mass is 16.7. The van der Waals surface area contributed by atoms with E-state index in [1.807, 2.05) is 0 Å². The van der Waals surface area contributed by atoms with Crippen molar-refractivity contribution in [2.24, 2.45) is 0 Å². The van der Waals surface area contributed by atoms with Crippen LogP contribution in [0.1, 0.15) is 34.6 Å². The molecule has 0 fully saturated rings. The fourth-order valence-electron chi connectivity index (χ4n) is 0.919. The summed E-state index contributed by atoms with van der Waals surface area (Å²) in [6, 6.07) is 0. The fourth-order valence-corrected chi connectivity index (χ4v) is 0.919. The maximum absolute atomic E-state index is 10.5. The molecular formula is C10H21NO3. The van der Waals surface area contributed by atoms with Gasteiger partial charge in [0.1, 0.15) is 0 Å². The monoisotopic (exact) mass is 203 g/mol. The summed E-state index contributed by atoms with van der Waals surface area (Å²) < 4.78 is 10.0. The summed E-state index contributed by atoms with van der Waals surface area (Å²) >= 11 is 0. The molecule has 0 aromatic carbocycles. The molecule has 0 rings (SSSR count). The summed E-state index contributed by atoms with van der Waals surface area (Å²) in [4.78, 5) is 10.5. The lowest BCUT2D eigenvalue weighted by atomic mass is 10.1. The quantitative estimate of drug-likeness (QED) is 0.415. The summed E-state index contributed by atoms with van der Waals surface area (Å²) in [7, 11) is 0. The Kier molecular flexibility index (Phi) is 5.72. The van der Waals surface area contributed by atoms with Crippen molar-refractivity contribution in [3.05, 3.63) is 0 Å². The Hall–Kier alpha value is -0.610. The first-order valence-electron chi connectivity index (χ1n) is 4.85. The standard InChI is InChI=1S/C10H21NO3/c1-8(12)14-9(2)13-7-6-11-10(3,4)5/h9,11H,6-7H2,1-5H3. The van der Waals surface area contributed by atoms with Gasteiger partial charge in [-0.3, -0.25) is 4.79 Å². The highest BCUT2D eigenvalue weighted by molar-refractivity contribution is 5.65. The van der Waals surface area contributed by atoms with Crippen molar-refractivity contribution < 1.29 is 14.3 Å². The van der Waals surface area contributed by atoms with Crippen LogP contribution in [0.25, 0.3) is 0 Å². The number of carbonyl (C=O) groups excluding carboxylic acids is 1. The van der Waals surface area contributed by atoms with Gasteiger partial charge in [-0.15, -0.1) is 0 Å². The van der Waals surface area contributed by atoms with E-state index in [1.54, 1.807) is 6.92 Å². The summed E-state index contributed by atoms with van der Waals surface area (Å²) in [5.74, 6) is -0.318. The number of carbonyl (C=O) groups is 1. The molecule has 4 heteroatoms. The molecule has 0 saturated carbocycles. The van der Waals surface area contributed by atoms with Crippen LogP contribution in [0.4, 0.5) is 0 Å². The normalized spacial score (nSPS) is 13.8. The lowest BCUT2D eigenvalue weighted by Gasteiger charge is -2.21. The second-order valence-corrected chi connectivity index (χ2v) is 4.22. The minimum atomic E-state index is -0.464. The summed E-state index contributed by atoms with van der Waals surface area (Å²) in [6.07, 6.45) is -0.464. The number of ether oxygens (including phenoxy) is 2. The van der Waals surface area contributed by atoms with Gasteiger partial charge in [0.25, 0.3) is 0 Å². The van der Waals surface area contributed by atoms with Gasteiger partial charge in [-0.25, -0.2) is 0 Å². The zero-order chi connectivity index (χ0) is 11.2. The molecule has 1 atom stereocenters. The van der Waals surface area contributed by atoms with Gasteiger partial charge < -0.3 is 14.8 Å². The molecule has 14 heavy (non-hydrogen) atoms. The van der Waals surface area contributed by atoms with Gasteiger partial charge >= 0.3 is 5.97 Å². The molecule has 0 heterocycles. The zero-order valence-corrected chi connectivity index (χ0v) is 9.72. The van der Waals surface area contributed by atoms with Crippen molar-refractivity contribution in [1.29, 1.82) is 0 Å². The summed E-state index contributed by atoms with van der Waals surface area (Å²) in [6.45, 7) is 10.6. The maximum atomic E-state index is 10.5. The lowest BCUT2D eigenvalue weighted by molar-refractivity contribution is -0.171. The maximum Gasteiger partial charge on any atom is 0.304 e. The smallest absolute Gasteiger partial charge is 0.304 e. The van der Waals surface area contributed by atoms with Gasteiger partial charge in [-0.1, -0.05) is 0 Å². The highest BCUT2D eigenvalue weighted by Gasteiger charge is 2.09. The average molecular weight is 203 g/mol. The molecule has 84 valence electrons. The van der Waals surface area contributed by atoms with E-state index in [9.17, 15) is 4.79 Å². The first kappa shape index (κ1) is 13.4. The molecule has 4 nitrogen and oxygen atoms in total. The fraction of sp³-hybridized carbons (Fsp3) is 0.900. The van der Waals surface area contributed by atoms with Crippen LogP contribution < -0.4 is 5.32 Å². The Balaban J connectivity index is 3.41. The van der Waals surface area contributed by atoms with Gasteiger partial charge in [-0.05, 0) is 27.7 Å². The van der Waals surface area contributed by atoms with Crippen LogP contribution in [0.5, 0.6) is 0 Å². The van der Waals surface area contributed by atoms with Crippen molar-refractivity contribution in [2.75, 3.05) is 13.2 Å². The number of hydrogen-bond donors (Lipinski definition) is 1. The third-order valence-corrected chi connectivity index (χ3v) is 1.44. The van der Waals surface area contributed by atoms with Crippen LogP contribution >= 0.6 is 0 Å². The van der Waals surface area contributed by atoms with Gasteiger partial charge in [-0.2, -0.15) is 0 Å². The van der Waals surface area contributed by atoms with Gasteiger partial charge in [0.15, 0.2) is 6.29 Å². The second kappa shape index (κ2) is 5.98. The topological polar surface area (TPSA) is 47.6 Å². The van der Waals surface area contributed by atoms with E-state index in [0.717, 1.165) is 6.54 Å². The molecular weight excluding hydrogens is 182 g/mol. The molecule has 0 aliphatic heterocycles. The zero-order valence-electron chi connectivity index (χ0n) is 9.72. The SMILES string of the molecule is CC(=O)OC(C)OCCNC(C)(C)C. The first-order chi connectivity index (χ1) is 6.31. The third kappa shape index (κ3) is 9.48. The molecule has 0 spiro atoms. The molecule has 1 N–H and O–H groups in total. The molecule has 0 bridgehead atoms. The minimum absolute atomic E-state index is 0.0913. The molecule has 0 saturated heterocycles. The molecule has 0 aliphatic rings. The van der Waals surface area contributed by atoms with Crippen molar-refractivity contribution in [2.45, 2.75) is 46.4 Å². The van der Waals surface area contributed by atoms with E-state index in [-0.39, 0.29) is 11.5 Å². The predicted octanol–water partition coefficient (Wildman–Crippen LogP) is 1.30. The van der Waals surface area contributed by atoms with Gasteiger partial charge in [0, 0.05) is 19.0 Å². The largest absolute Gasteiger partial charge is 0.436 e. The second-order valence-electron chi connectivity index (χ2n) is 4.22. The van der Waals surface area contributed by atoms with Crippen molar-refractivity contribution in [3.8, 4) is 0 Å². The van der Waals surface area contributed by atoms with E-state index in [1.165, 1.54) is 6.92 Å². The van der Waals surface area contributed by atoms with Crippen molar-refractivity contribution in [3.63, 3.8) is 0 Å². The first-order valence-corrected chi connectivity index (χ1v) is 4.85. The molecule has 0 radical (unpaired) electrons. The molecule has 0 aliphatic carbocycles. The third-order valence-electron chi connectivity index (χ3n) is 1.44. The molecule has 0 amide bonds. The summed E-state index contributed by atoms with van der Waals surface area (Å²) in [5.41, 5.74) is 0.0913. The summed E-state index contributed by atoms with van der Waals surface area (Å²) in [5, 5.41) is 3.27. The van der Waals surface area contributed by atoms with Crippen LogP contribution in [0.2, 0.25) is 0 Å². The minimum Gasteiger partial charge on any atom is -0.436 e. The highest BCUT2D eigenvalue weighted by Crippen LogP contribution is 1.98. The van der Waals surface area contributed by atoms with E-state index in [0.29, 0.717) is 6.61 Å². The van der Waals surface area contributed by atoms with Crippen molar-refractivity contribution in [1.82, 2.24) is 5.32 Å². The van der Waals surface area contributed by atoms with Crippen LogP contribution in [0.15, 0.2) is 0 Å². The predicted molar refractivity (Wildman–Crippen MR) is 54.9 cm³/mol. The van der Waals surface area contributed by atoms with Gasteiger partial charge in [0.05, 0.1) is 6.61 Å². The molecule has 0 aromatic heterocycles. The Bertz CT molecular complexity index is 175. The van der Waals surface area contributed by atoms with Crippen LogP contribution in [-0.2, 0) is 14.3 Å². The Morgan fingerprint density at radius 3 is 2.43 bits per heavy atom. The Morgan fingerprint density at radius 2 is 2.00 bits per heavy atom. The van der Waals surface area contributed by atoms with Crippen LogP contribution in [-0.4, -0.2) is 30.9 Å². The van der Waals surface area contributed by atoms with E-state index < -0.39 is 6.29 Å². The van der Waals surface area contributed by atoms with Crippen LogP contribution in [0, 0.1) is 0 Å². The Morgan fingerprint density at radius 1 is 1.43 bits per heavy atom. The van der Waals surface area contributed by atoms with Crippen LogP contribution in [0.3, 0.4) is 0 Å². The number of nitrogens with one attached hydrogen (secondary N) is 1. The van der Waals surface area contributed by atoms with E-state index >= 15 is 0 Å². The number of esters is 1. The van der Waals surface area contributed by atoms with Gasteiger partial charge in [0.2, 0.25) is 0 Å². The van der Waals surface area contributed by atoms with E-state index in [2.05, 4.69) is 26.1 Å². The average Bonchev–Trinajstić information content (AvgIpc) is 1.95. The number of hydrogen-bond acceptors (Lipinski definition) is 4. The van der Waals surface area contributed by atoms with E-state index in [4.69, 9.17) is 9.47 Å². The Labute approximate surface area is 86.0 Å². The molecule has 1 unspecified atom stereocenters. The number of rotatable bonds is 5.